The summed E-state index contributed by atoms with van der Waals surface area (Å²) < 4.78 is 0.378. The molecule has 126 valence electrons. The molecule has 0 aromatic rings. The van der Waals surface area contributed by atoms with Crippen molar-refractivity contribution in [3.63, 3.8) is 0 Å². The number of hydrogen-bond donors (Lipinski definition) is 1. The molecule has 1 saturated carbocycles. The van der Waals surface area contributed by atoms with Crippen LogP contribution in [0.4, 0.5) is 0 Å². The smallest absolute Gasteiger partial charge is 0.157 e. The summed E-state index contributed by atoms with van der Waals surface area (Å²) in [6, 6.07) is 0. The van der Waals surface area contributed by atoms with Gasteiger partial charge in [0.25, 0.3) is 0 Å². The van der Waals surface area contributed by atoms with Crippen molar-refractivity contribution in [1.29, 1.82) is 0 Å². The Kier molecular flexibility index (Phi) is 5.08. The molecule has 2 aliphatic heterocycles. The molecule has 0 aromatic heterocycles. The first kappa shape index (κ1) is 16.6. The van der Waals surface area contributed by atoms with E-state index in [2.05, 4.69) is 31.0 Å². The highest BCUT2D eigenvalue weighted by Gasteiger charge is 2.53. The predicted molar refractivity (Wildman–Crippen MR) is 97.8 cm³/mol. The monoisotopic (exact) mass is 323 g/mol. The molecule has 2 heterocycles. The van der Waals surface area contributed by atoms with Crippen molar-refractivity contribution in [2.75, 3.05) is 26.2 Å². The van der Waals surface area contributed by atoms with E-state index in [0.29, 0.717) is 4.75 Å². The predicted octanol–water partition coefficient (Wildman–Crippen LogP) is 3.89. The van der Waals surface area contributed by atoms with Gasteiger partial charge in [0.1, 0.15) is 0 Å². The molecular weight excluding hydrogens is 290 g/mol. The molecule has 0 bridgehead atoms. The quantitative estimate of drug-likeness (QED) is 0.854. The van der Waals surface area contributed by atoms with Crippen molar-refractivity contribution in [1.82, 2.24) is 10.2 Å². The molecule has 0 radical (unpaired) electrons. The fourth-order valence-corrected chi connectivity index (χ4v) is 5.80. The Morgan fingerprint density at radius 1 is 1.18 bits per heavy atom. The molecule has 0 amide bonds. The number of rotatable bonds is 3. The molecule has 2 saturated heterocycles. The van der Waals surface area contributed by atoms with Gasteiger partial charge in [0, 0.05) is 16.8 Å². The van der Waals surface area contributed by atoms with E-state index < -0.39 is 0 Å². The second kappa shape index (κ2) is 6.72. The van der Waals surface area contributed by atoms with Crippen molar-refractivity contribution in [2.45, 2.75) is 76.0 Å². The topological polar surface area (TPSA) is 27.6 Å². The van der Waals surface area contributed by atoms with Gasteiger partial charge < -0.3 is 10.2 Å². The number of nitrogens with zero attached hydrogens (tertiary/aromatic N) is 2. The summed E-state index contributed by atoms with van der Waals surface area (Å²) in [6.45, 7) is 11.8. The molecule has 4 heteroatoms. The van der Waals surface area contributed by atoms with Gasteiger partial charge in [-0.25, -0.2) is 0 Å². The van der Waals surface area contributed by atoms with Crippen LogP contribution >= 0.6 is 11.8 Å². The van der Waals surface area contributed by atoms with Crippen LogP contribution in [0.15, 0.2) is 4.99 Å². The van der Waals surface area contributed by atoms with Gasteiger partial charge in [-0.05, 0) is 71.4 Å². The molecule has 3 fully saturated rings. The van der Waals surface area contributed by atoms with Gasteiger partial charge in [0.15, 0.2) is 5.17 Å². The van der Waals surface area contributed by atoms with Crippen molar-refractivity contribution in [3.8, 4) is 0 Å². The van der Waals surface area contributed by atoms with Crippen molar-refractivity contribution >= 4 is 16.9 Å². The first-order valence-electron chi connectivity index (χ1n) is 9.25. The standard InChI is InChI=1S/C18H33N3S/c1-15-7-9-18(10-8-15)17(2,3)20-16(22-18)19-11-14-21-12-5-4-6-13-21/h15H,4-14H2,1-3H3,(H,19,20). The zero-order chi connectivity index (χ0) is 15.6. The van der Waals surface area contributed by atoms with Gasteiger partial charge in [-0.2, -0.15) is 0 Å². The van der Waals surface area contributed by atoms with Gasteiger partial charge >= 0.3 is 0 Å². The molecule has 3 nitrogen and oxygen atoms in total. The van der Waals surface area contributed by atoms with E-state index in [1.54, 1.807) is 0 Å². The highest BCUT2D eigenvalue weighted by molar-refractivity contribution is 8.15. The van der Waals surface area contributed by atoms with Crippen LogP contribution in [-0.4, -0.2) is 46.5 Å². The SMILES string of the molecule is CC1CCC2(CC1)SC(=NCCN1CCCCC1)NC2(C)C. The van der Waals surface area contributed by atoms with Gasteiger partial charge in [-0.15, -0.1) is 0 Å². The molecule has 1 N–H and O–H groups in total. The van der Waals surface area contributed by atoms with Crippen molar-refractivity contribution in [2.24, 2.45) is 10.9 Å². The maximum absolute atomic E-state index is 4.91. The lowest BCUT2D eigenvalue weighted by Crippen LogP contribution is -2.52. The van der Waals surface area contributed by atoms with Crippen LogP contribution in [0, 0.1) is 5.92 Å². The fraction of sp³-hybridized carbons (Fsp3) is 0.944. The van der Waals surface area contributed by atoms with Gasteiger partial charge in [-0.3, -0.25) is 4.99 Å². The van der Waals surface area contributed by atoms with Gasteiger partial charge in [0.2, 0.25) is 0 Å². The summed E-state index contributed by atoms with van der Waals surface area (Å²) in [7, 11) is 0. The minimum absolute atomic E-state index is 0.182. The molecule has 3 aliphatic rings. The average Bonchev–Trinajstić information content (AvgIpc) is 2.74. The molecule has 0 atom stereocenters. The summed E-state index contributed by atoms with van der Waals surface area (Å²) in [5.74, 6) is 0.905. The third kappa shape index (κ3) is 3.48. The number of thioether (sulfide) groups is 1. The van der Waals surface area contributed by atoms with Crippen LogP contribution < -0.4 is 5.32 Å². The molecule has 3 rings (SSSR count). The fourth-order valence-electron chi connectivity index (χ4n) is 4.22. The molecule has 1 aliphatic carbocycles. The number of piperidine rings is 1. The summed E-state index contributed by atoms with van der Waals surface area (Å²) in [5.41, 5.74) is 0.182. The van der Waals surface area contributed by atoms with Crippen LogP contribution in [0.1, 0.15) is 65.7 Å². The Morgan fingerprint density at radius 2 is 1.86 bits per heavy atom. The Labute approximate surface area is 140 Å². The summed E-state index contributed by atoms with van der Waals surface area (Å²) >= 11 is 2.05. The number of likely N-dealkylation sites (tertiary alicyclic amines) is 1. The van der Waals surface area contributed by atoms with Crippen LogP contribution in [0.2, 0.25) is 0 Å². The minimum Gasteiger partial charge on any atom is -0.359 e. The lowest BCUT2D eigenvalue weighted by Gasteiger charge is -2.43. The van der Waals surface area contributed by atoms with Crippen LogP contribution in [0.5, 0.6) is 0 Å². The summed E-state index contributed by atoms with van der Waals surface area (Å²) in [5, 5.41) is 4.94. The van der Waals surface area contributed by atoms with Crippen LogP contribution in [-0.2, 0) is 0 Å². The minimum atomic E-state index is 0.182. The Morgan fingerprint density at radius 3 is 2.55 bits per heavy atom. The van der Waals surface area contributed by atoms with Gasteiger partial charge in [-0.1, -0.05) is 25.1 Å². The molecule has 22 heavy (non-hydrogen) atoms. The lowest BCUT2D eigenvalue weighted by molar-refractivity contribution is 0.230. The van der Waals surface area contributed by atoms with Crippen LogP contribution in [0.25, 0.3) is 0 Å². The first-order chi connectivity index (χ1) is 10.5. The maximum Gasteiger partial charge on any atom is 0.157 e. The third-order valence-corrected chi connectivity index (χ3v) is 7.79. The van der Waals surface area contributed by atoms with E-state index >= 15 is 0 Å². The van der Waals surface area contributed by atoms with E-state index in [9.17, 15) is 0 Å². The van der Waals surface area contributed by atoms with E-state index in [-0.39, 0.29) is 5.54 Å². The first-order valence-corrected chi connectivity index (χ1v) is 10.1. The van der Waals surface area contributed by atoms with Crippen molar-refractivity contribution < 1.29 is 0 Å². The molecule has 1 spiro atoms. The lowest BCUT2D eigenvalue weighted by atomic mass is 9.73. The van der Waals surface area contributed by atoms with Gasteiger partial charge in [0.05, 0.1) is 6.54 Å². The zero-order valence-corrected chi connectivity index (χ0v) is 15.5. The Bertz CT molecular complexity index is 405. The van der Waals surface area contributed by atoms with E-state index in [1.165, 1.54) is 63.2 Å². The van der Waals surface area contributed by atoms with E-state index in [4.69, 9.17) is 4.99 Å². The molecular formula is C18H33N3S. The Balaban J connectivity index is 1.56. The number of nitrogens with one attached hydrogen (secondary N) is 1. The van der Waals surface area contributed by atoms with Crippen molar-refractivity contribution in [3.05, 3.63) is 0 Å². The molecule has 0 aromatic carbocycles. The van der Waals surface area contributed by atoms with E-state index in [1.807, 2.05) is 11.8 Å². The maximum atomic E-state index is 4.91. The average molecular weight is 324 g/mol. The zero-order valence-electron chi connectivity index (χ0n) is 14.7. The highest BCUT2D eigenvalue weighted by atomic mass is 32.2. The summed E-state index contributed by atoms with van der Waals surface area (Å²) in [4.78, 5) is 7.49. The summed E-state index contributed by atoms with van der Waals surface area (Å²) in [6.07, 6.45) is 9.58. The Hall–Kier alpha value is -0.220. The van der Waals surface area contributed by atoms with E-state index in [0.717, 1.165) is 19.0 Å². The second-order valence-corrected chi connectivity index (χ2v) is 9.49. The van der Waals surface area contributed by atoms with Crippen LogP contribution in [0.3, 0.4) is 0 Å². The third-order valence-electron chi connectivity index (χ3n) is 6.05. The normalized spacial score (nSPS) is 37.6. The molecule has 0 unspecified atom stereocenters. The second-order valence-electron chi connectivity index (χ2n) is 8.12. The number of hydrogen-bond acceptors (Lipinski definition) is 3. The largest absolute Gasteiger partial charge is 0.359 e. The number of amidine groups is 1. The number of aliphatic imine (C=N–C) groups is 1. The highest BCUT2D eigenvalue weighted by Crippen LogP contribution is 2.52.